The minimum absolute atomic E-state index is 0.0150. The van der Waals surface area contributed by atoms with Crippen LogP contribution in [0.2, 0.25) is 0 Å². The molecule has 0 spiro atoms. The van der Waals surface area contributed by atoms with Crippen molar-refractivity contribution < 1.29 is 29.6 Å². The molecule has 0 heterocycles. The summed E-state index contributed by atoms with van der Waals surface area (Å²) in [5.74, 6) is -0.821. The van der Waals surface area contributed by atoms with E-state index in [2.05, 4.69) is 5.32 Å². The summed E-state index contributed by atoms with van der Waals surface area (Å²) < 4.78 is 11.3. The number of phenolic OH excluding ortho intramolecular Hbond substituents is 1. The summed E-state index contributed by atoms with van der Waals surface area (Å²) in [6.07, 6.45) is -0.324. The van der Waals surface area contributed by atoms with Crippen molar-refractivity contribution in [1.82, 2.24) is 5.32 Å². The van der Waals surface area contributed by atoms with Crippen molar-refractivity contribution in [2.45, 2.75) is 25.7 Å². The van der Waals surface area contributed by atoms with Gasteiger partial charge in [-0.15, -0.1) is 0 Å². The number of aliphatic hydroxyl groups is 1. The largest absolute Gasteiger partial charge is 0.507 e. The number of methoxy groups -OCH3 is 1. The predicted molar refractivity (Wildman–Crippen MR) is 97.0 cm³/mol. The maximum absolute atomic E-state index is 11.4. The van der Waals surface area contributed by atoms with Gasteiger partial charge in [-0.05, 0) is 46.7 Å². The Labute approximate surface area is 155 Å². The van der Waals surface area contributed by atoms with Gasteiger partial charge in [0.15, 0.2) is 6.29 Å². The number of phenols is 1. The number of rotatable bonds is 11. The van der Waals surface area contributed by atoms with Crippen LogP contribution in [0.3, 0.4) is 0 Å². The fraction of sp³-hybridized carbons (Fsp3) is 0.562. The van der Waals surface area contributed by atoms with Gasteiger partial charge in [0.25, 0.3) is 0 Å². The fourth-order valence-electron chi connectivity index (χ4n) is 1.93. The van der Waals surface area contributed by atoms with E-state index in [1.54, 1.807) is 18.2 Å². The highest BCUT2D eigenvalue weighted by atomic mass is 124. The average Bonchev–Trinajstić information content (AvgIpc) is 2.56. The SMILES string of the molecule is COC(CNC(Cc1ccc(O)c([124I])c1)C(=O)O)OCC(C)CO. The molecule has 1 aromatic rings. The molecule has 0 aliphatic rings. The Morgan fingerprint density at radius 2 is 2.12 bits per heavy atom. The van der Waals surface area contributed by atoms with Crippen molar-refractivity contribution >= 4 is 28.6 Å². The van der Waals surface area contributed by atoms with Crippen LogP contribution in [0.5, 0.6) is 5.75 Å². The number of aliphatic hydroxyl groups excluding tert-OH is 1. The molecule has 0 aromatic heterocycles. The summed E-state index contributed by atoms with van der Waals surface area (Å²) in [6.45, 7) is 2.39. The van der Waals surface area contributed by atoms with E-state index in [0.717, 1.165) is 5.56 Å². The number of aromatic hydroxyl groups is 1. The summed E-state index contributed by atoms with van der Waals surface area (Å²) in [5.41, 5.74) is 0.806. The molecule has 8 heteroatoms. The van der Waals surface area contributed by atoms with Gasteiger partial charge in [0.2, 0.25) is 0 Å². The second kappa shape index (κ2) is 10.8. The molecule has 1 aromatic carbocycles. The van der Waals surface area contributed by atoms with Crippen LogP contribution in [0, 0.1) is 9.49 Å². The van der Waals surface area contributed by atoms with Crippen LogP contribution in [-0.2, 0) is 20.7 Å². The van der Waals surface area contributed by atoms with E-state index >= 15 is 0 Å². The van der Waals surface area contributed by atoms with Crippen molar-refractivity contribution in [1.29, 1.82) is 0 Å². The summed E-state index contributed by atoms with van der Waals surface area (Å²) in [4.78, 5) is 11.4. The third-order valence-electron chi connectivity index (χ3n) is 3.42. The molecule has 4 N–H and O–H groups in total. The molecule has 0 bridgehead atoms. The first-order valence-corrected chi connectivity index (χ1v) is 8.64. The fourth-order valence-corrected chi connectivity index (χ4v) is 2.51. The number of carboxylic acid groups (broad SMARTS) is 1. The number of aliphatic carboxylic acids is 1. The number of carbonyl (C=O) groups is 1. The highest BCUT2D eigenvalue weighted by Gasteiger charge is 2.20. The van der Waals surface area contributed by atoms with Gasteiger partial charge in [0.05, 0.1) is 10.2 Å². The van der Waals surface area contributed by atoms with Crippen molar-refractivity contribution in [2.24, 2.45) is 5.92 Å². The third-order valence-corrected chi connectivity index (χ3v) is 4.29. The normalized spacial score (nSPS) is 15.0. The molecule has 0 amide bonds. The summed E-state index contributed by atoms with van der Waals surface area (Å²) in [5, 5.41) is 30.8. The van der Waals surface area contributed by atoms with Gasteiger partial charge < -0.3 is 24.8 Å². The van der Waals surface area contributed by atoms with Gasteiger partial charge in [-0.2, -0.15) is 0 Å². The topological polar surface area (TPSA) is 108 Å². The molecule has 24 heavy (non-hydrogen) atoms. The first-order chi connectivity index (χ1) is 11.4. The number of halogens is 1. The third kappa shape index (κ3) is 7.31. The number of hydrogen-bond donors (Lipinski definition) is 4. The van der Waals surface area contributed by atoms with Gasteiger partial charge in [0.1, 0.15) is 11.8 Å². The molecule has 1 rings (SSSR count). The molecule has 0 saturated heterocycles. The molecule has 0 fully saturated rings. The zero-order chi connectivity index (χ0) is 18.1. The highest BCUT2D eigenvalue weighted by molar-refractivity contribution is 14.1. The standard InChI is InChI=1S/C16H24INO6/c1-10(8-19)9-24-15(23-2)7-18-13(16(21)22)6-11-3-4-14(20)12(17)5-11/h3-5,10,13,15,18-20H,6-9H2,1-2H3,(H,21,22)/i17-3. The molecule has 0 radical (unpaired) electrons. The Hall–Kier alpha value is -0.940. The van der Waals surface area contributed by atoms with Crippen molar-refractivity contribution in [3.63, 3.8) is 0 Å². The van der Waals surface area contributed by atoms with Gasteiger partial charge in [-0.3, -0.25) is 10.1 Å². The molecule has 0 aliphatic heterocycles. The molecular weight excluding hydrogens is 426 g/mol. The average molecular weight is 450 g/mol. The first kappa shape index (κ1) is 21.1. The van der Waals surface area contributed by atoms with E-state index in [4.69, 9.17) is 14.6 Å². The Morgan fingerprint density at radius 3 is 2.67 bits per heavy atom. The number of nitrogens with one attached hydrogen (secondary N) is 1. The van der Waals surface area contributed by atoms with Crippen LogP contribution in [0.25, 0.3) is 0 Å². The lowest BCUT2D eigenvalue weighted by molar-refractivity contribution is -0.143. The lowest BCUT2D eigenvalue weighted by Gasteiger charge is -2.21. The van der Waals surface area contributed by atoms with E-state index in [1.165, 1.54) is 7.11 Å². The van der Waals surface area contributed by atoms with Gasteiger partial charge in [-0.1, -0.05) is 13.0 Å². The second-order valence-electron chi connectivity index (χ2n) is 5.58. The molecule has 0 saturated carbocycles. The number of carboxylic acids is 1. The van der Waals surface area contributed by atoms with Crippen LogP contribution >= 0.6 is 22.6 Å². The van der Waals surface area contributed by atoms with E-state index in [0.29, 0.717) is 10.2 Å². The van der Waals surface area contributed by atoms with Crippen molar-refractivity contribution in [2.75, 3.05) is 26.9 Å². The van der Waals surface area contributed by atoms with Crippen LogP contribution in [0.15, 0.2) is 18.2 Å². The van der Waals surface area contributed by atoms with Crippen LogP contribution in [0.4, 0.5) is 0 Å². The number of ether oxygens (including phenoxy) is 2. The minimum atomic E-state index is -0.975. The zero-order valence-electron chi connectivity index (χ0n) is 13.7. The predicted octanol–water partition coefficient (Wildman–Crippen LogP) is 1.20. The number of hydrogen-bond acceptors (Lipinski definition) is 6. The Kier molecular flexibility index (Phi) is 9.52. The Bertz CT molecular complexity index is 527. The Balaban J connectivity index is 2.58. The quantitative estimate of drug-likeness (QED) is 0.297. The monoisotopic (exact) mass is 450 g/mol. The van der Waals surface area contributed by atoms with E-state index in [9.17, 15) is 15.0 Å². The first-order valence-electron chi connectivity index (χ1n) is 7.56. The second-order valence-corrected chi connectivity index (χ2v) is 6.74. The lowest BCUT2D eigenvalue weighted by atomic mass is 10.1. The highest BCUT2D eigenvalue weighted by Crippen LogP contribution is 2.21. The van der Waals surface area contributed by atoms with Crippen LogP contribution in [-0.4, -0.2) is 60.5 Å². The van der Waals surface area contributed by atoms with Crippen molar-refractivity contribution in [3.05, 3.63) is 27.3 Å². The van der Waals surface area contributed by atoms with Crippen LogP contribution in [0.1, 0.15) is 12.5 Å². The van der Waals surface area contributed by atoms with E-state index < -0.39 is 18.3 Å². The number of benzene rings is 1. The summed E-state index contributed by atoms with van der Waals surface area (Å²) >= 11 is 1.99. The zero-order valence-corrected chi connectivity index (χ0v) is 15.9. The molecular formula is C16H24INO6. The van der Waals surface area contributed by atoms with E-state index in [1.807, 2.05) is 29.5 Å². The summed E-state index contributed by atoms with van der Waals surface area (Å²) in [6, 6.07) is 4.19. The molecule has 0 aliphatic carbocycles. The van der Waals surface area contributed by atoms with Crippen LogP contribution < -0.4 is 5.32 Å². The lowest BCUT2D eigenvalue weighted by Crippen LogP contribution is -2.43. The smallest absolute Gasteiger partial charge is 0.321 e. The maximum atomic E-state index is 11.4. The maximum Gasteiger partial charge on any atom is 0.321 e. The molecule has 3 atom stereocenters. The van der Waals surface area contributed by atoms with Crippen molar-refractivity contribution in [3.8, 4) is 5.75 Å². The molecule has 3 unspecified atom stereocenters. The molecule has 136 valence electrons. The Morgan fingerprint density at radius 1 is 1.42 bits per heavy atom. The van der Waals surface area contributed by atoms with Gasteiger partial charge in [-0.25, -0.2) is 0 Å². The van der Waals surface area contributed by atoms with Gasteiger partial charge >= 0.3 is 5.97 Å². The van der Waals surface area contributed by atoms with E-state index in [-0.39, 0.29) is 31.2 Å². The minimum Gasteiger partial charge on any atom is -0.507 e. The summed E-state index contributed by atoms with van der Waals surface area (Å²) in [7, 11) is 1.48. The molecule has 7 nitrogen and oxygen atoms in total. The van der Waals surface area contributed by atoms with Gasteiger partial charge in [0, 0.05) is 26.2 Å².